The molecule has 0 aromatic heterocycles. The summed E-state index contributed by atoms with van der Waals surface area (Å²) < 4.78 is 5.68. The molecule has 114 valence electrons. The molecule has 2 saturated heterocycles. The van der Waals surface area contributed by atoms with E-state index >= 15 is 0 Å². The summed E-state index contributed by atoms with van der Waals surface area (Å²) in [4.78, 5) is 15.8. The lowest BCUT2D eigenvalue weighted by Gasteiger charge is -2.27. The highest BCUT2D eigenvalue weighted by Gasteiger charge is 2.22. The van der Waals surface area contributed by atoms with Gasteiger partial charge >= 0.3 is 0 Å². The van der Waals surface area contributed by atoms with Crippen LogP contribution in [0.3, 0.4) is 0 Å². The van der Waals surface area contributed by atoms with Crippen LogP contribution in [0, 0.1) is 0 Å². The van der Waals surface area contributed by atoms with Crippen LogP contribution in [0.25, 0.3) is 0 Å². The Hall–Kier alpha value is -1.00. The predicted molar refractivity (Wildman–Crippen MR) is 85.9 cm³/mol. The lowest BCUT2D eigenvalue weighted by atomic mass is 10.1. The number of nitrogens with zero attached hydrogens (tertiary/aromatic N) is 1. The standard InChI is InChI=1S/C17H23NO2S/c19-17(18-10-4-1-5-11-18)15-8-2-3-9-16(15)21-13-14-7-6-12-20-14/h2-3,8-9,14H,1,4-7,10-13H2. The second kappa shape index (κ2) is 7.32. The number of carbonyl (C=O) groups excluding carboxylic acids is 1. The zero-order chi connectivity index (χ0) is 14.5. The van der Waals surface area contributed by atoms with Gasteiger partial charge in [0.2, 0.25) is 0 Å². The van der Waals surface area contributed by atoms with Crippen LogP contribution in [-0.2, 0) is 4.74 Å². The summed E-state index contributed by atoms with van der Waals surface area (Å²) in [5.41, 5.74) is 0.863. The van der Waals surface area contributed by atoms with E-state index in [4.69, 9.17) is 4.74 Å². The molecule has 2 aliphatic heterocycles. The molecule has 3 rings (SSSR count). The summed E-state index contributed by atoms with van der Waals surface area (Å²) in [5, 5.41) is 0. The Balaban J connectivity index is 1.67. The smallest absolute Gasteiger partial charge is 0.254 e. The average molecular weight is 305 g/mol. The van der Waals surface area contributed by atoms with E-state index in [1.165, 1.54) is 12.8 Å². The van der Waals surface area contributed by atoms with E-state index in [2.05, 4.69) is 6.07 Å². The molecular weight excluding hydrogens is 282 g/mol. The molecular formula is C17H23NO2S. The molecule has 0 saturated carbocycles. The summed E-state index contributed by atoms with van der Waals surface area (Å²) >= 11 is 1.76. The number of rotatable bonds is 4. The molecule has 0 aliphatic carbocycles. The van der Waals surface area contributed by atoms with Crippen molar-refractivity contribution in [3.05, 3.63) is 29.8 Å². The van der Waals surface area contributed by atoms with Crippen molar-refractivity contribution in [1.29, 1.82) is 0 Å². The van der Waals surface area contributed by atoms with E-state index in [-0.39, 0.29) is 5.91 Å². The average Bonchev–Trinajstić information content (AvgIpc) is 3.07. The van der Waals surface area contributed by atoms with Crippen LogP contribution >= 0.6 is 11.8 Å². The van der Waals surface area contributed by atoms with Gasteiger partial charge in [0.05, 0.1) is 11.7 Å². The van der Waals surface area contributed by atoms with Crippen molar-refractivity contribution < 1.29 is 9.53 Å². The number of carbonyl (C=O) groups is 1. The van der Waals surface area contributed by atoms with Crippen molar-refractivity contribution in [1.82, 2.24) is 4.90 Å². The second-order valence-corrected chi connectivity index (χ2v) is 6.86. The van der Waals surface area contributed by atoms with E-state index in [1.807, 2.05) is 23.1 Å². The normalized spacial score (nSPS) is 22.5. The Kier molecular flexibility index (Phi) is 5.20. The van der Waals surface area contributed by atoms with Crippen molar-refractivity contribution >= 4 is 17.7 Å². The van der Waals surface area contributed by atoms with Crippen LogP contribution in [0.15, 0.2) is 29.2 Å². The number of benzene rings is 1. The van der Waals surface area contributed by atoms with Gasteiger partial charge in [-0.05, 0) is 44.2 Å². The number of thioether (sulfide) groups is 1. The Bertz CT molecular complexity index is 479. The molecule has 3 nitrogen and oxygen atoms in total. The van der Waals surface area contributed by atoms with E-state index in [0.717, 1.165) is 55.2 Å². The molecule has 1 atom stereocenters. The highest BCUT2D eigenvalue weighted by Crippen LogP contribution is 2.28. The monoisotopic (exact) mass is 305 g/mol. The summed E-state index contributed by atoms with van der Waals surface area (Å²) in [7, 11) is 0. The molecule has 1 aromatic carbocycles. The third kappa shape index (κ3) is 3.80. The fourth-order valence-electron chi connectivity index (χ4n) is 3.00. The molecule has 0 radical (unpaired) electrons. The summed E-state index contributed by atoms with van der Waals surface area (Å²) in [6.07, 6.45) is 6.19. The van der Waals surface area contributed by atoms with Crippen LogP contribution < -0.4 is 0 Å². The summed E-state index contributed by atoms with van der Waals surface area (Å²) in [6.45, 7) is 2.70. The van der Waals surface area contributed by atoms with Crippen molar-refractivity contribution in [3.8, 4) is 0 Å². The lowest BCUT2D eigenvalue weighted by molar-refractivity contribution is 0.0720. The van der Waals surface area contributed by atoms with Crippen LogP contribution in [0.4, 0.5) is 0 Å². The largest absolute Gasteiger partial charge is 0.377 e. The molecule has 1 unspecified atom stereocenters. The molecule has 2 aliphatic rings. The first-order valence-corrected chi connectivity index (χ1v) is 8.96. The maximum Gasteiger partial charge on any atom is 0.254 e. The number of ether oxygens (including phenoxy) is 1. The molecule has 1 aromatic rings. The van der Waals surface area contributed by atoms with Crippen molar-refractivity contribution in [2.75, 3.05) is 25.4 Å². The molecule has 0 bridgehead atoms. The molecule has 21 heavy (non-hydrogen) atoms. The molecule has 1 amide bonds. The lowest BCUT2D eigenvalue weighted by Crippen LogP contribution is -2.35. The molecule has 2 fully saturated rings. The van der Waals surface area contributed by atoms with Crippen LogP contribution in [0.1, 0.15) is 42.5 Å². The number of piperidine rings is 1. The fraction of sp³-hybridized carbons (Fsp3) is 0.588. The van der Waals surface area contributed by atoms with E-state index < -0.39 is 0 Å². The van der Waals surface area contributed by atoms with Crippen molar-refractivity contribution in [2.45, 2.75) is 43.1 Å². The Labute approximate surface area is 131 Å². The van der Waals surface area contributed by atoms with Crippen LogP contribution in [0.2, 0.25) is 0 Å². The molecule has 0 spiro atoms. The molecule has 0 N–H and O–H groups in total. The second-order valence-electron chi connectivity index (χ2n) is 5.80. The van der Waals surface area contributed by atoms with E-state index in [9.17, 15) is 4.79 Å². The first-order chi connectivity index (χ1) is 10.3. The van der Waals surface area contributed by atoms with Gasteiger partial charge in [-0.2, -0.15) is 0 Å². The molecule has 4 heteroatoms. The van der Waals surface area contributed by atoms with Gasteiger partial charge in [0.1, 0.15) is 0 Å². The van der Waals surface area contributed by atoms with Crippen molar-refractivity contribution in [3.63, 3.8) is 0 Å². The topological polar surface area (TPSA) is 29.5 Å². The van der Waals surface area contributed by atoms with E-state index in [0.29, 0.717) is 6.10 Å². The van der Waals surface area contributed by atoms with Gasteiger partial charge < -0.3 is 9.64 Å². The number of likely N-dealkylation sites (tertiary alicyclic amines) is 1. The minimum Gasteiger partial charge on any atom is -0.377 e. The first kappa shape index (κ1) is 14.9. The number of amides is 1. The SMILES string of the molecule is O=C(c1ccccc1SCC1CCCO1)N1CCCCC1. The minimum atomic E-state index is 0.199. The maximum atomic E-state index is 12.7. The third-order valence-electron chi connectivity index (χ3n) is 4.21. The maximum absolute atomic E-state index is 12.7. The van der Waals surface area contributed by atoms with Gasteiger partial charge in [-0.3, -0.25) is 4.79 Å². The quantitative estimate of drug-likeness (QED) is 0.796. The van der Waals surface area contributed by atoms with Gasteiger partial charge in [-0.15, -0.1) is 11.8 Å². The van der Waals surface area contributed by atoms with Crippen LogP contribution in [0.5, 0.6) is 0 Å². The first-order valence-electron chi connectivity index (χ1n) is 7.97. The van der Waals surface area contributed by atoms with Gasteiger partial charge in [0, 0.05) is 30.3 Å². The van der Waals surface area contributed by atoms with Gasteiger partial charge in [0.25, 0.3) is 5.91 Å². The Morgan fingerprint density at radius 1 is 1.19 bits per heavy atom. The zero-order valence-electron chi connectivity index (χ0n) is 12.4. The minimum absolute atomic E-state index is 0.199. The van der Waals surface area contributed by atoms with Crippen LogP contribution in [-0.4, -0.2) is 42.4 Å². The zero-order valence-corrected chi connectivity index (χ0v) is 13.2. The van der Waals surface area contributed by atoms with Crippen molar-refractivity contribution in [2.24, 2.45) is 0 Å². The Morgan fingerprint density at radius 2 is 2.00 bits per heavy atom. The van der Waals surface area contributed by atoms with Gasteiger partial charge in [-0.25, -0.2) is 0 Å². The Morgan fingerprint density at radius 3 is 2.76 bits per heavy atom. The number of hydrogen-bond acceptors (Lipinski definition) is 3. The fourth-order valence-corrected chi connectivity index (χ4v) is 4.11. The highest BCUT2D eigenvalue weighted by atomic mass is 32.2. The third-order valence-corrected chi connectivity index (χ3v) is 5.41. The van der Waals surface area contributed by atoms with Gasteiger partial charge in [0.15, 0.2) is 0 Å². The summed E-state index contributed by atoms with van der Waals surface area (Å²) in [6, 6.07) is 8.02. The van der Waals surface area contributed by atoms with E-state index in [1.54, 1.807) is 11.8 Å². The van der Waals surface area contributed by atoms with Gasteiger partial charge in [-0.1, -0.05) is 12.1 Å². The highest BCUT2D eigenvalue weighted by molar-refractivity contribution is 7.99. The molecule has 2 heterocycles. The summed E-state index contributed by atoms with van der Waals surface area (Å²) in [5.74, 6) is 1.15. The number of hydrogen-bond donors (Lipinski definition) is 0. The predicted octanol–water partition coefficient (Wildman–Crippen LogP) is 3.58.